The van der Waals surface area contributed by atoms with Crippen LogP contribution in [0.1, 0.15) is 226 Å². The number of nitrogens with one attached hydrogen (secondary N) is 1. The van der Waals surface area contributed by atoms with Crippen molar-refractivity contribution in [3.05, 3.63) is 85.1 Å². The van der Waals surface area contributed by atoms with Crippen molar-refractivity contribution in [2.24, 2.45) is 0 Å². The molecular weight excluding hydrogens is 1150 g/mol. The van der Waals surface area contributed by atoms with Gasteiger partial charge in [0.1, 0.15) is 73.2 Å². The number of hydrogen-bond acceptors (Lipinski definition) is 18. The summed E-state index contributed by atoms with van der Waals surface area (Å²) < 4.78 is 34.3. The Bertz CT molecular complexity index is 1960. The molecule has 19 nitrogen and oxygen atoms in total. The van der Waals surface area contributed by atoms with Gasteiger partial charge in [0, 0.05) is 6.42 Å². The van der Waals surface area contributed by atoms with Crippen LogP contribution >= 0.6 is 0 Å². The van der Waals surface area contributed by atoms with Crippen molar-refractivity contribution in [1.82, 2.24) is 5.32 Å². The van der Waals surface area contributed by atoms with Crippen molar-refractivity contribution in [2.45, 2.75) is 330 Å². The van der Waals surface area contributed by atoms with Crippen molar-refractivity contribution in [3.63, 3.8) is 0 Å². The molecule has 0 saturated carbocycles. The molecule has 3 fully saturated rings. The zero-order valence-corrected chi connectivity index (χ0v) is 54.8. The molecule has 0 bridgehead atoms. The Morgan fingerprint density at radius 1 is 0.411 bits per heavy atom. The minimum absolute atomic E-state index is 0.233. The van der Waals surface area contributed by atoms with Gasteiger partial charge in [-0.2, -0.15) is 0 Å². The van der Waals surface area contributed by atoms with Crippen LogP contribution in [0.2, 0.25) is 0 Å². The molecule has 0 aromatic heterocycles. The van der Waals surface area contributed by atoms with Crippen molar-refractivity contribution < 1.29 is 89.4 Å². The van der Waals surface area contributed by atoms with Gasteiger partial charge in [-0.15, -0.1) is 0 Å². The molecule has 3 saturated heterocycles. The van der Waals surface area contributed by atoms with E-state index in [1.54, 1.807) is 6.08 Å². The summed E-state index contributed by atoms with van der Waals surface area (Å²) >= 11 is 0. The smallest absolute Gasteiger partial charge is 0.220 e. The maximum atomic E-state index is 13.4. The van der Waals surface area contributed by atoms with Crippen molar-refractivity contribution in [1.29, 1.82) is 0 Å². The highest BCUT2D eigenvalue weighted by Gasteiger charge is 2.53. The minimum atomic E-state index is -1.98. The molecule has 0 spiro atoms. The van der Waals surface area contributed by atoms with Gasteiger partial charge in [-0.1, -0.05) is 234 Å². The predicted octanol–water partition coefficient (Wildman–Crippen LogP) is 9.10. The Balaban J connectivity index is 1.42. The van der Waals surface area contributed by atoms with Gasteiger partial charge in [-0.25, -0.2) is 0 Å². The molecular formula is C71H123NO18. The second-order valence-electron chi connectivity index (χ2n) is 24.6. The highest BCUT2D eigenvalue weighted by Crippen LogP contribution is 2.33. The molecule has 17 atom stereocenters. The van der Waals surface area contributed by atoms with E-state index in [1.165, 1.54) is 103 Å². The molecule has 12 N–H and O–H groups in total. The average molecular weight is 1280 g/mol. The van der Waals surface area contributed by atoms with E-state index in [4.69, 9.17) is 28.4 Å². The SMILES string of the molecule is CC/C=C\C/C=C\C/C=C\C/C=C\C/C=C\C/C=C\CCCCCCCCCCCCC(=O)NC(COC1OC(CO)C(OC2OC(CO)C(OC3OC(CO)C(O)C(O)C3O)C(O)C2O)C(O)C1O)C(O)/C=C/CCCCCCCCCCCCCCCC. The Kier molecular flexibility index (Phi) is 47.2. The van der Waals surface area contributed by atoms with Gasteiger partial charge in [0.05, 0.1) is 38.6 Å². The minimum Gasteiger partial charge on any atom is -0.394 e. The maximum absolute atomic E-state index is 13.4. The lowest BCUT2D eigenvalue weighted by atomic mass is 9.96. The van der Waals surface area contributed by atoms with Crippen LogP contribution in [0.15, 0.2) is 85.1 Å². The van der Waals surface area contributed by atoms with Crippen molar-refractivity contribution in [2.75, 3.05) is 26.4 Å². The predicted molar refractivity (Wildman–Crippen MR) is 351 cm³/mol. The number of carbonyl (C=O) groups excluding carboxylic acids is 1. The first-order valence-corrected chi connectivity index (χ1v) is 34.8. The fourth-order valence-corrected chi connectivity index (χ4v) is 11.3. The maximum Gasteiger partial charge on any atom is 0.220 e. The number of hydrogen-bond donors (Lipinski definition) is 12. The summed E-state index contributed by atoms with van der Waals surface area (Å²) in [5.41, 5.74) is 0. The van der Waals surface area contributed by atoms with Gasteiger partial charge < -0.3 is 89.9 Å². The van der Waals surface area contributed by atoms with Gasteiger partial charge in [0.15, 0.2) is 18.9 Å². The number of aliphatic hydroxyl groups excluding tert-OH is 11. The van der Waals surface area contributed by atoms with Crippen LogP contribution in [-0.2, 0) is 33.2 Å². The van der Waals surface area contributed by atoms with Crippen LogP contribution in [0.4, 0.5) is 0 Å². The zero-order valence-electron chi connectivity index (χ0n) is 54.8. The van der Waals surface area contributed by atoms with Crippen LogP contribution in [-0.4, -0.2) is 193 Å². The number of aliphatic hydroxyl groups is 11. The summed E-state index contributed by atoms with van der Waals surface area (Å²) in [4.78, 5) is 13.4. The standard InChI is InChI=1S/C71H123NO18/c1-3-5-7-9-11-13-15-17-19-21-22-23-24-25-26-27-28-29-30-31-32-33-35-37-39-41-43-45-47-49-59(77)72-54(55(76)48-46-44-42-40-38-36-34-20-18-16-14-12-10-8-6-4-2)53-85-69-65(83)62(80)67(57(51-74)87-69)90-71-66(84)63(81)68(58(52-75)88-71)89-70-64(82)61(79)60(78)56(50-73)86-70/h5,7,11,13,17,19,22-23,25-26,28-29,46,48,54-58,60-71,73-76,78-84H,3-4,6,8-10,12,14-16,18,20-21,24,27,30-45,47,49-53H2,1-2H3,(H,72,77)/b7-5-,13-11-,19-17-,23-22-,26-25-,29-28-,48-46+. The van der Waals surface area contributed by atoms with Crippen LogP contribution in [0, 0.1) is 0 Å². The number of rotatable bonds is 52. The van der Waals surface area contributed by atoms with E-state index < -0.39 is 124 Å². The van der Waals surface area contributed by atoms with Crippen LogP contribution < -0.4 is 5.32 Å². The van der Waals surface area contributed by atoms with Crippen LogP contribution in [0.5, 0.6) is 0 Å². The summed E-state index contributed by atoms with van der Waals surface area (Å²) in [6.45, 7) is 1.61. The molecule has 17 unspecified atom stereocenters. The van der Waals surface area contributed by atoms with E-state index in [0.29, 0.717) is 6.42 Å². The normalized spacial score (nSPS) is 28.6. The van der Waals surface area contributed by atoms with E-state index >= 15 is 0 Å². The Labute approximate surface area is 540 Å². The summed E-state index contributed by atoms with van der Waals surface area (Å²) in [6.07, 6.45) is 39.8. The summed E-state index contributed by atoms with van der Waals surface area (Å²) in [5.74, 6) is -0.283. The highest BCUT2D eigenvalue weighted by molar-refractivity contribution is 5.76. The van der Waals surface area contributed by atoms with Gasteiger partial charge in [-0.3, -0.25) is 4.79 Å². The third kappa shape index (κ3) is 33.9. The highest BCUT2D eigenvalue weighted by atomic mass is 16.8. The second-order valence-corrected chi connectivity index (χ2v) is 24.6. The molecule has 0 aromatic carbocycles. The molecule has 19 heteroatoms. The number of allylic oxidation sites excluding steroid dienone is 13. The molecule has 3 rings (SSSR count). The van der Waals surface area contributed by atoms with Gasteiger partial charge >= 0.3 is 0 Å². The zero-order chi connectivity index (χ0) is 65.4. The molecule has 3 aliphatic heterocycles. The Hall–Kier alpha value is -3.03. The van der Waals surface area contributed by atoms with E-state index in [2.05, 4.69) is 92.1 Å². The molecule has 3 heterocycles. The average Bonchev–Trinajstić information content (AvgIpc) is 1.05. The topological polar surface area (TPSA) is 307 Å². The fraction of sp³-hybridized carbons (Fsp3) is 0.789. The fourth-order valence-electron chi connectivity index (χ4n) is 11.3. The van der Waals surface area contributed by atoms with Crippen molar-refractivity contribution >= 4 is 5.91 Å². The van der Waals surface area contributed by atoms with E-state index in [9.17, 15) is 61.0 Å². The lowest BCUT2D eigenvalue weighted by Crippen LogP contribution is -2.66. The number of carbonyl (C=O) groups is 1. The summed E-state index contributed by atoms with van der Waals surface area (Å²) in [6, 6.07) is -0.981. The largest absolute Gasteiger partial charge is 0.394 e. The number of ether oxygens (including phenoxy) is 6. The van der Waals surface area contributed by atoms with Crippen LogP contribution in [0.25, 0.3) is 0 Å². The first-order valence-electron chi connectivity index (χ1n) is 34.8. The molecule has 3 aliphatic rings. The first-order chi connectivity index (χ1) is 43.8. The van der Waals surface area contributed by atoms with E-state index in [-0.39, 0.29) is 18.9 Å². The third-order valence-electron chi connectivity index (χ3n) is 16.9. The molecule has 1 amide bonds. The molecule has 90 heavy (non-hydrogen) atoms. The lowest BCUT2D eigenvalue weighted by Gasteiger charge is -2.48. The van der Waals surface area contributed by atoms with Gasteiger partial charge in [0.2, 0.25) is 5.91 Å². The quantitative estimate of drug-likeness (QED) is 0.0200. The van der Waals surface area contributed by atoms with E-state index in [1.807, 2.05) is 6.08 Å². The van der Waals surface area contributed by atoms with Crippen LogP contribution in [0.3, 0.4) is 0 Å². The van der Waals surface area contributed by atoms with Gasteiger partial charge in [0.25, 0.3) is 0 Å². The Morgan fingerprint density at radius 3 is 1.20 bits per heavy atom. The molecule has 520 valence electrons. The second kappa shape index (κ2) is 52.3. The lowest BCUT2D eigenvalue weighted by molar-refractivity contribution is -0.379. The monoisotopic (exact) mass is 1280 g/mol. The molecule has 0 aliphatic carbocycles. The summed E-state index contributed by atoms with van der Waals surface area (Å²) in [7, 11) is 0. The summed E-state index contributed by atoms with van der Waals surface area (Å²) in [5, 5.41) is 120. The first kappa shape index (κ1) is 81.2. The molecule has 0 aromatic rings. The van der Waals surface area contributed by atoms with E-state index in [0.717, 1.165) is 96.3 Å². The third-order valence-corrected chi connectivity index (χ3v) is 16.9. The van der Waals surface area contributed by atoms with Gasteiger partial charge in [-0.05, 0) is 70.6 Å². The molecule has 0 radical (unpaired) electrons. The number of amides is 1. The van der Waals surface area contributed by atoms with Crippen molar-refractivity contribution in [3.8, 4) is 0 Å². The number of unbranched alkanes of at least 4 members (excludes halogenated alkanes) is 24. The Morgan fingerprint density at radius 2 is 0.767 bits per heavy atom.